The van der Waals surface area contributed by atoms with E-state index >= 15 is 0 Å². The van der Waals surface area contributed by atoms with Gasteiger partial charge in [-0.1, -0.05) is 31.9 Å². The van der Waals surface area contributed by atoms with Gasteiger partial charge < -0.3 is 15.0 Å². The van der Waals surface area contributed by atoms with Crippen molar-refractivity contribution in [3.8, 4) is 5.75 Å². The van der Waals surface area contributed by atoms with Crippen LogP contribution in [0.3, 0.4) is 0 Å². The molecule has 2 amide bonds. The highest BCUT2D eigenvalue weighted by Crippen LogP contribution is 2.23. The van der Waals surface area contributed by atoms with Gasteiger partial charge in [-0.2, -0.15) is 12.7 Å². The van der Waals surface area contributed by atoms with Gasteiger partial charge in [-0.15, -0.1) is 0 Å². The Kier molecular flexibility index (Phi) is 10.1. The van der Waals surface area contributed by atoms with Crippen LogP contribution in [-0.2, 0) is 26.3 Å². The van der Waals surface area contributed by atoms with Crippen molar-refractivity contribution in [2.75, 3.05) is 32.1 Å². The maximum atomic E-state index is 13.9. The van der Waals surface area contributed by atoms with Crippen molar-refractivity contribution in [2.24, 2.45) is 0 Å². The highest BCUT2D eigenvalue weighted by atomic mass is 32.2. The third kappa shape index (κ3) is 7.22. The molecule has 1 aliphatic carbocycles. The van der Waals surface area contributed by atoms with Crippen molar-refractivity contribution in [3.63, 3.8) is 0 Å². The second-order valence-electron chi connectivity index (χ2n) is 9.56. The largest absolute Gasteiger partial charge is 0.497 e. The molecule has 1 N–H and O–H groups in total. The van der Waals surface area contributed by atoms with Crippen LogP contribution in [0, 0.1) is 5.82 Å². The topological polar surface area (TPSA) is 99.3 Å². The Morgan fingerprint density at radius 3 is 2.18 bits per heavy atom. The highest BCUT2D eigenvalue weighted by molar-refractivity contribution is 7.90. The molecule has 0 spiro atoms. The molecular formula is C27H37FN4O5S. The number of halogens is 1. The molecule has 0 aliphatic heterocycles. The van der Waals surface area contributed by atoms with Crippen LogP contribution in [0.1, 0.15) is 44.6 Å². The fourth-order valence-corrected chi connectivity index (χ4v) is 5.59. The van der Waals surface area contributed by atoms with Gasteiger partial charge in [0.25, 0.3) is 0 Å². The highest BCUT2D eigenvalue weighted by Gasteiger charge is 2.34. The molecule has 208 valence electrons. The SMILES string of the molecule is CC[C@H](C(=O)NC1CCCC1)N(Cc1ccc(OC)cc1)C(=O)CN(c1ccc(F)cc1)S(=O)(=O)N(C)C. The monoisotopic (exact) mass is 548 g/mol. The van der Waals surface area contributed by atoms with Gasteiger partial charge in [0.05, 0.1) is 12.8 Å². The van der Waals surface area contributed by atoms with Crippen LogP contribution in [0.5, 0.6) is 5.75 Å². The molecule has 2 aromatic carbocycles. The first-order valence-corrected chi connectivity index (χ1v) is 14.1. The first-order chi connectivity index (χ1) is 18.1. The van der Waals surface area contributed by atoms with E-state index in [0.717, 1.165) is 52.0 Å². The van der Waals surface area contributed by atoms with Gasteiger partial charge in [-0.05, 0) is 61.2 Å². The minimum atomic E-state index is -4.11. The van der Waals surface area contributed by atoms with Crippen LogP contribution < -0.4 is 14.4 Å². The predicted molar refractivity (Wildman–Crippen MR) is 144 cm³/mol. The normalized spacial score (nSPS) is 14.8. The number of nitrogens with zero attached hydrogens (tertiary/aromatic N) is 3. The second kappa shape index (κ2) is 13.1. The van der Waals surface area contributed by atoms with E-state index in [4.69, 9.17) is 4.74 Å². The maximum absolute atomic E-state index is 13.9. The minimum Gasteiger partial charge on any atom is -0.497 e. The lowest BCUT2D eigenvalue weighted by Gasteiger charge is -2.34. The van der Waals surface area contributed by atoms with E-state index in [-0.39, 0.29) is 24.2 Å². The van der Waals surface area contributed by atoms with Gasteiger partial charge in [0.15, 0.2) is 0 Å². The molecule has 1 atom stereocenters. The summed E-state index contributed by atoms with van der Waals surface area (Å²) in [6.07, 6.45) is 4.23. The van der Waals surface area contributed by atoms with E-state index in [1.807, 2.05) is 6.92 Å². The summed E-state index contributed by atoms with van der Waals surface area (Å²) in [5, 5.41) is 3.07. The van der Waals surface area contributed by atoms with Crippen LogP contribution in [0.4, 0.5) is 10.1 Å². The number of carbonyl (C=O) groups excluding carboxylic acids is 2. The Bertz CT molecular complexity index is 1180. The van der Waals surface area contributed by atoms with Gasteiger partial charge in [0, 0.05) is 26.7 Å². The molecule has 0 saturated heterocycles. The first kappa shape index (κ1) is 29.4. The number of rotatable bonds is 12. The summed E-state index contributed by atoms with van der Waals surface area (Å²) in [5.74, 6) is -0.690. The van der Waals surface area contributed by atoms with Crippen LogP contribution in [0.2, 0.25) is 0 Å². The minimum absolute atomic E-state index is 0.0688. The zero-order valence-corrected chi connectivity index (χ0v) is 23.2. The average Bonchev–Trinajstić information content (AvgIpc) is 3.40. The van der Waals surface area contributed by atoms with Crippen LogP contribution in [0.25, 0.3) is 0 Å². The van der Waals surface area contributed by atoms with E-state index in [2.05, 4.69) is 5.32 Å². The number of carbonyl (C=O) groups is 2. The zero-order chi connectivity index (χ0) is 27.9. The Morgan fingerprint density at radius 1 is 1.05 bits per heavy atom. The number of benzene rings is 2. The number of hydrogen-bond donors (Lipinski definition) is 1. The third-order valence-corrected chi connectivity index (χ3v) is 8.55. The standard InChI is InChI=1S/C27H37FN4O5S/c1-5-25(27(34)29-22-8-6-7-9-22)31(18-20-10-16-24(37-4)17-11-20)26(33)19-32(38(35,36)30(2)3)23-14-12-21(28)13-15-23/h10-17,22,25H,5-9,18-19H2,1-4H3,(H,29,34)/t25-/m1/s1. The molecule has 3 rings (SSSR count). The Hall–Kier alpha value is -3.18. The molecule has 1 aliphatic rings. The van der Waals surface area contributed by atoms with Gasteiger partial charge in [0.2, 0.25) is 11.8 Å². The molecule has 0 aromatic heterocycles. The van der Waals surface area contributed by atoms with Crippen molar-refractivity contribution in [1.82, 2.24) is 14.5 Å². The van der Waals surface area contributed by atoms with Crippen molar-refractivity contribution in [2.45, 2.75) is 57.7 Å². The van der Waals surface area contributed by atoms with Crippen LogP contribution in [-0.4, -0.2) is 69.3 Å². The molecule has 1 saturated carbocycles. The number of amides is 2. The lowest BCUT2D eigenvalue weighted by Crippen LogP contribution is -2.54. The summed E-state index contributed by atoms with van der Waals surface area (Å²) >= 11 is 0. The molecule has 0 bridgehead atoms. The first-order valence-electron chi connectivity index (χ1n) is 12.7. The molecule has 2 aromatic rings. The molecule has 38 heavy (non-hydrogen) atoms. The molecule has 9 nitrogen and oxygen atoms in total. The molecule has 0 radical (unpaired) electrons. The summed E-state index contributed by atoms with van der Waals surface area (Å²) in [4.78, 5) is 28.6. The number of hydrogen-bond acceptors (Lipinski definition) is 5. The second-order valence-corrected chi connectivity index (χ2v) is 11.6. The van der Waals surface area contributed by atoms with E-state index in [0.29, 0.717) is 12.2 Å². The molecular weight excluding hydrogens is 511 g/mol. The van der Waals surface area contributed by atoms with Crippen LogP contribution in [0.15, 0.2) is 48.5 Å². The van der Waals surface area contributed by atoms with Crippen molar-refractivity contribution in [1.29, 1.82) is 0 Å². The van der Waals surface area contributed by atoms with E-state index < -0.39 is 34.5 Å². The van der Waals surface area contributed by atoms with Gasteiger partial charge >= 0.3 is 10.2 Å². The fourth-order valence-electron chi connectivity index (χ4n) is 4.54. The number of nitrogens with one attached hydrogen (secondary N) is 1. The number of methoxy groups -OCH3 is 1. The summed E-state index contributed by atoms with van der Waals surface area (Å²) < 4.78 is 47.1. The fraction of sp³-hybridized carbons (Fsp3) is 0.481. The van der Waals surface area contributed by atoms with Crippen molar-refractivity contribution in [3.05, 3.63) is 59.9 Å². The summed E-state index contributed by atoms with van der Waals surface area (Å²) in [6, 6.07) is 11.3. The predicted octanol–water partition coefficient (Wildman–Crippen LogP) is 3.31. The lowest BCUT2D eigenvalue weighted by molar-refractivity contribution is -0.140. The van der Waals surface area contributed by atoms with Gasteiger partial charge in [-0.25, -0.2) is 8.70 Å². The van der Waals surface area contributed by atoms with Crippen molar-refractivity contribution >= 4 is 27.7 Å². The van der Waals surface area contributed by atoms with E-state index in [1.54, 1.807) is 31.4 Å². The smallest absolute Gasteiger partial charge is 0.304 e. The lowest BCUT2D eigenvalue weighted by atomic mass is 10.1. The molecule has 1 fully saturated rings. The summed E-state index contributed by atoms with van der Waals surface area (Å²) in [5.41, 5.74) is 0.899. The molecule has 0 heterocycles. The molecule has 11 heteroatoms. The third-order valence-electron chi connectivity index (χ3n) is 6.73. The average molecular weight is 549 g/mol. The molecule has 0 unspecified atom stereocenters. The van der Waals surface area contributed by atoms with Gasteiger partial charge in [0.1, 0.15) is 24.2 Å². The van der Waals surface area contributed by atoms with E-state index in [1.165, 1.54) is 31.1 Å². The van der Waals surface area contributed by atoms with Crippen molar-refractivity contribution < 1.29 is 27.1 Å². The van der Waals surface area contributed by atoms with Gasteiger partial charge in [-0.3, -0.25) is 9.59 Å². The Labute approximate surface area is 224 Å². The Balaban J connectivity index is 1.95. The van der Waals surface area contributed by atoms with Crippen LogP contribution >= 0.6 is 0 Å². The number of anilines is 1. The number of ether oxygens (including phenoxy) is 1. The summed E-state index contributed by atoms with van der Waals surface area (Å²) in [6.45, 7) is 1.36. The Morgan fingerprint density at radius 2 is 1.66 bits per heavy atom. The summed E-state index contributed by atoms with van der Waals surface area (Å²) in [7, 11) is 0.162. The zero-order valence-electron chi connectivity index (χ0n) is 22.4. The maximum Gasteiger partial charge on any atom is 0.304 e. The van der Waals surface area contributed by atoms with E-state index in [9.17, 15) is 22.4 Å². The quantitative estimate of drug-likeness (QED) is 0.439.